The first-order chi connectivity index (χ1) is 39.7. The molecule has 2 aromatic heterocycles. The molecular weight excluding hydrogens is 973 g/mol. The van der Waals surface area contributed by atoms with E-state index in [9.17, 15) is 0 Å². The average molecular weight is 1030 g/mol. The molecule has 4 nitrogen and oxygen atoms in total. The maximum Gasteiger partial charge on any atom is 0.159 e. The summed E-state index contributed by atoms with van der Waals surface area (Å²) in [6.07, 6.45) is 13.3. The number of rotatable bonds is 8. The largest absolute Gasteiger partial charge is 0.454 e. The van der Waals surface area contributed by atoms with E-state index in [4.69, 9.17) is 8.83 Å². The average Bonchev–Trinajstić information content (AvgIpc) is 4.18. The number of para-hydroxylation sites is 4. The van der Waals surface area contributed by atoms with Crippen LogP contribution in [0, 0.1) is 23.7 Å². The second-order valence-corrected chi connectivity index (χ2v) is 24.5. The van der Waals surface area contributed by atoms with Crippen molar-refractivity contribution >= 4 is 132 Å². The summed E-state index contributed by atoms with van der Waals surface area (Å²) in [4.78, 5) is 4.94. The fourth-order valence-corrected chi connectivity index (χ4v) is 16.9. The van der Waals surface area contributed by atoms with E-state index >= 15 is 0 Å². The van der Waals surface area contributed by atoms with Crippen molar-refractivity contribution in [1.82, 2.24) is 0 Å². The van der Waals surface area contributed by atoms with Gasteiger partial charge >= 0.3 is 0 Å². The Morgan fingerprint density at radius 1 is 0.287 bits per heavy atom. The quantitative estimate of drug-likeness (QED) is 0.142. The van der Waals surface area contributed by atoms with E-state index in [1.54, 1.807) is 0 Å². The van der Waals surface area contributed by atoms with Crippen molar-refractivity contribution < 1.29 is 8.83 Å². The van der Waals surface area contributed by atoms with Crippen LogP contribution in [0.3, 0.4) is 0 Å². The summed E-state index contributed by atoms with van der Waals surface area (Å²) in [7, 11) is 0. The maximum atomic E-state index is 7.52. The topological polar surface area (TPSA) is 32.8 Å². The molecule has 4 bridgehead atoms. The molecule has 0 amide bonds. The summed E-state index contributed by atoms with van der Waals surface area (Å²) in [5.74, 6) is 4.09. The zero-order valence-corrected chi connectivity index (χ0v) is 44.9. The highest BCUT2D eigenvalue weighted by Gasteiger charge is 2.40. The van der Waals surface area contributed by atoms with Gasteiger partial charge in [-0.2, -0.15) is 0 Å². The van der Waals surface area contributed by atoms with Gasteiger partial charge in [0.25, 0.3) is 0 Å². The second kappa shape index (κ2) is 17.4. The molecule has 0 radical (unpaired) electrons. The van der Waals surface area contributed by atoms with Crippen LogP contribution in [0.5, 0.6) is 0 Å². The lowest BCUT2D eigenvalue weighted by Gasteiger charge is -2.42. The van der Waals surface area contributed by atoms with Gasteiger partial charge in [-0.15, -0.1) is 0 Å². The lowest BCUT2D eigenvalue weighted by Crippen LogP contribution is -2.29. The van der Waals surface area contributed by atoms with E-state index in [0.29, 0.717) is 23.7 Å². The molecule has 6 aliphatic carbocycles. The maximum absolute atomic E-state index is 7.52. The second-order valence-electron chi connectivity index (χ2n) is 24.5. The van der Waals surface area contributed by atoms with Crippen molar-refractivity contribution in [2.45, 2.75) is 76.0 Å². The molecule has 0 aliphatic heterocycles. The number of nitrogens with zero attached hydrogens (tertiary/aromatic N) is 2. The molecule has 6 aliphatic rings. The van der Waals surface area contributed by atoms with E-state index in [-0.39, 0.29) is 0 Å². The molecule has 6 fully saturated rings. The number of benzene rings is 12. The standard InChI is InChI=1S/C76H60N2O2/c1-3-15-53(16-4-1)77(67-23-11-21-59-71-55-19-9-7-13-51(55)43-63(75(71)79-73(59)67)61-41-45-25-29-47(61)30-26-45)65-39-35-49-34-38-58-66(40-36-50-33-37-57(65)69(49)70(50)58)78(54-17-5-2-6-18-54)68-24-12-22-60-72-56-20-10-8-14-52(56)44-64(76(72)80-74(60)68)62-42-46-27-31-48(62)32-28-46/h1-24,33-40,43-48,61-62H,25-32,41-42H2. The minimum Gasteiger partial charge on any atom is -0.454 e. The third kappa shape index (κ3) is 6.62. The van der Waals surface area contributed by atoms with E-state index < -0.39 is 0 Å². The molecule has 80 heavy (non-hydrogen) atoms. The number of hydrogen-bond donors (Lipinski definition) is 0. The fraction of sp³-hybridized carbons (Fsp3) is 0.211. The van der Waals surface area contributed by atoms with Gasteiger partial charge in [-0.1, -0.05) is 171 Å². The first kappa shape index (κ1) is 45.3. The van der Waals surface area contributed by atoms with Crippen LogP contribution in [0.15, 0.2) is 215 Å². The van der Waals surface area contributed by atoms with E-state index in [1.807, 2.05) is 0 Å². The Bertz CT molecular complexity index is 4480. The fourth-order valence-electron chi connectivity index (χ4n) is 16.9. The van der Waals surface area contributed by atoms with Crippen molar-refractivity contribution in [2.24, 2.45) is 23.7 Å². The van der Waals surface area contributed by atoms with Crippen molar-refractivity contribution in [3.63, 3.8) is 0 Å². The summed E-state index contributed by atoms with van der Waals surface area (Å²) in [6, 6.07) is 77.3. The Kier molecular flexibility index (Phi) is 9.88. The zero-order valence-electron chi connectivity index (χ0n) is 44.9. The summed E-state index contributed by atoms with van der Waals surface area (Å²) in [5, 5.41) is 17.3. The molecule has 2 unspecified atom stereocenters. The first-order valence-electron chi connectivity index (χ1n) is 29.8. The Morgan fingerprint density at radius 2 is 0.688 bits per heavy atom. The van der Waals surface area contributed by atoms with E-state index in [2.05, 4.69) is 216 Å². The summed E-state index contributed by atoms with van der Waals surface area (Å²) in [5.41, 5.74) is 13.3. The van der Waals surface area contributed by atoms with Crippen LogP contribution in [0.2, 0.25) is 0 Å². The highest BCUT2D eigenvalue weighted by atomic mass is 16.3. The summed E-state index contributed by atoms with van der Waals surface area (Å²) < 4.78 is 15.0. The van der Waals surface area contributed by atoms with Crippen molar-refractivity contribution in [3.05, 3.63) is 217 Å². The Labute approximate surface area is 465 Å². The van der Waals surface area contributed by atoms with Gasteiger partial charge in [0.15, 0.2) is 11.2 Å². The van der Waals surface area contributed by atoms with Crippen molar-refractivity contribution in [1.29, 1.82) is 0 Å². The SMILES string of the molecule is c1ccc(N(c2ccc3ccc4c(N(c5ccccc5)c5cccc6c5oc5c(C7CC8CCC7CC8)cc7ccccc7c56)ccc5ccc2c3c54)c2cccc3c2oc2c(C4CC5CCC4CC5)cc4ccccc4c23)cc1. The van der Waals surface area contributed by atoms with Crippen LogP contribution < -0.4 is 9.80 Å². The predicted molar refractivity (Wildman–Crippen MR) is 335 cm³/mol. The van der Waals surface area contributed by atoms with Gasteiger partial charge in [0.05, 0.1) is 22.7 Å². The third-order valence-corrected chi connectivity index (χ3v) is 20.5. The van der Waals surface area contributed by atoms with Gasteiger partial charge in [-0.05, 0) is 189 Å². The van der Waals surface area contributed by atoms with Crippen LogP contribution >= 0.6 is 0 Å². The minimum atomic E-state index is 0.519. The number of fused-ring (bicyclic) bond motifs is 16. The number of hydrogen-bond acceptors (Lipinski definition) is 4. The number of furan rings is 2. The lowest BCUT2D eigenvalue weighted by atomic mass is 9.62. The smallest absolute Gasteiger partial charge is 0.159 e. The van der Waals surface area contributed by atoms with Crippen LogP contribution in [0.1, 0.15) is 87.2 Å². The third-order valence-electron chi connectivity index (χ3n) is 20.5. The highest BCUT2D eigenvalue weighted by molar-refractivity contribution is 6.29. The van der Waals surface area contributed by atoms with Crippen LogP contribution in [-0.2, 0) is 0 Å². The summed E-state index contributed by atoms with van der Waals surface area (Å²) >= 11 is 0. The van der Waals surface area contributed by atoms with Gasteiger partial charge in [0.1, 0.15) is 11.2 Å². The molecular formula is C76H60N2O2. The molecule has 2 atom stereocenters. The molecule has 20 rings (SSSR count). The molecule has 0 spiro atoms. The van der Waals surface area contributed by atoms with Crippen LogP contribution in [0.25, 0.3) is 97.7 Å². The minimum absolute atomic E-state index is 0.519. The highest BCUT2D eigenvalue weighted by Crippen LogP contribution is 2.57. The van der Waals surface area contributed by atoms with Gasteiger partial charge < -0.3 is 18.6 Å². The predicted octanol–water partition coefficient (Wildman–Crippen LogP) is 22.2. The van der Waals surface area contributed by atoms with Gasteiger partial charge in [0, 0.05) is 43.7 Å². The molecule has 0 saturated heterocycles. The molecule has 2 heterocycles. The van der Waals surface area contributed by atoms with Crippen LogP contribution in [-0.4, -0.2) is 0 Å². The molecule has 6 saturated carbocycles. The Hall–Kier alpha value is -8.60. The monoisotopic (exact) mass is 1030 g/mol. The van der Waals surface area contributed by atoms with Gasteiger partial charge in [-0.25, -0.2) is 0 Å². The van der Waals surface area contributed by atoms with Crippen molar-refractivity contribution in [2.75, 3.05) is 9.80 Å². The summed E-state index contributed by atoms with van der Waals surface area (Å²) in [6.45, 7) is 0. The Morgan fingerprint density at radius 3 is 1.11 bits per heavy atom. The first-order valence-corrected chi connectivity index (χ1v) is 29.8. The molecule has 14 aromatic rings. The zero-order chi connectivity index (χ0) is 52.2. The van der Waals surface area contributed by atoms with E-state index in [0.717, 1.165) is 68.3 Å². The van der Waals surface area contributed by atoms with Crippen molar-refractivity contribution in [3.8, 4) is 0 Å². The van der Waals surface area contributed by atoms with Gasteiger partial charge in [0.2, 0.25) is 0 Å². The molecule has 386 valence electrons. The molecule has 4 heteroatoms. The van der Waals surface area contributed by atoms with Gasteiger partial charge in [-0.3, -0.25) is 0 Å². The normalized spacial score (nSPS) is 21.0. The number of anilines is 6. The molecule has 0 N–H and O–H groups in total. The van der Waals surface area contributed by atoms with E-state index in [1.165, 1.54) is 151 Å². The Balaban J connectivity index is 0.852. The van der Waals surface area contributed by atoms with Crippen LogP contribution in [0.4, 0.5) is 34.1 Å². The molecule has 12 aromatic carbocycles. The lowest BCUT2D eigenvalue weighted by molar-refractivity contribution is 0.145.